The molecule has 0 atom stereocenters. The maximum absolute atomic E-state index is 12.3. The summed E-state index contributed by atoms with van der Waals surface area (Å²) in [7, 11) is 0.880. The normalized spacial score (nSPS) is 12.5. The van der Waals surface area contributed by atoms with E-state index in [1.165, 1.54) is 0 Å². The number of methoxy groups -OCH3 is 1. The Morgan fingerprint density at radius 2 is 1.77 bits per heavy atom. The molecule has 0 unspecified atom stereocenters. The zero-order valence-electron chi connectivity index (χ0n) is 6.94. The topological polar surface area (TPSA) is 35.5 Å². The molecular weight excluding hydrogens is 196 g/mol. The van der Waals surface area contributed by atoms with Crippen LogP contribution in [0.2, 0.25) is 0 Å². The lowest BCUT2D eigenvalue weighted by atomic mass is 10.2. The Morgan fingerprint density at radius 1 is 1.31 bits per heavy atom. The summed E-state index contributed by atoms with van der Waals surface area (Å²) in [5.41, 5.74) is 0. The molecule has 0 N–H and O–H groups in total. The molecular formula is C6H8F4O3. The van der Waals surface area contributed by atoms with Crippen molar-refractivity contribution in [2.75, 3.05) is 13.7 Å². The van der Waals surface area contributed by atoms with E-state index in [9.17, 15) is 22.4 Å². The van der Waals surface area contributed by atoms with Crippen molar-refractivity contribution in [3.8, 4) is 0 Å². The summed E-state index contributed by atoms with van der Waals surface area (Å²) in [6.45, 7) is -1.67. The van der Waals surface area contributed by atoms with Crippen LogP contribution in [0.25, 0.3) is 0 Å². The zero-order valence-corrected chi connectivity index (χ0v) is 6.94. The van der Waals surface area contributed by atoms with Gasteiger partial charge in [0.15, 0.2) is 6.61 Å². The van der Waals surface area contributed by atoms with Crippen molar-refractivity contribution in [2.24, 2.45) is 0 Å². The van der Waals surface area contributed by atoms with Crippen LogP contribution in [0.4, 0.5) is 22.4 Å². The zero-order chi connectivity index (χ0) is 10.7. The lowest BCUT2D eigenvalue weighted by Gasteiger charge is -2.21. The van der Waals surface area contributed by atoms with Crippen molar-refractivity contribution in [3.05, 3.63) is 0 Å². The van der Waals surface area contributed by atoms with E-state index in [1.807, 2.05) is 0 Å². The Balaban J connectivity index is 4.12. The monoisotopic (exact) mass is 204 g/mol. The molecule has 0 spiro atoms. The molecule has 0 fully saturated rings. The molecule has 0 aliphatic rings. The first-order valence-corrected chi connectivity index (χ1v) is 3.17. The summed E-state index contributed by atoms with van der Waals surface area (Å²) in [4.78, 5) is 10.2. The molecule has 0 aliphatic heterocycles. The van der Waals surface area contributed by atoms with Crippen LogP contribution in [0.1, 0.15) is 6.92 Å². The van der Waals surface area contributed by atoms with Crippen LogP contribution in [0.3, 0.4) is 0 Å². The summed E-state index contributed by atoms with van der Waals surface area (Å²) in [5, 5.41) is 0. The summed E-state index contributed by atoms with van der Waals surface area (Å²) in [6.07, 6.45) is -1.43. The van der Waals surface area contributed by atoms with Crippen molar-refractivity contribution >= 4 is 6.16 Å². The van der Waals surface area contributed by atoms with Crippen LogP contribution < -0.4 is 0 Å². The number of rotatable bonds is 3. The molecule has 0 aromatic rings. The highest BCUT2D eigenvalue weighted by atomic mass is 19.3. The molecule has 0 amide bonds. The second kappa shape index (κ2) is 3.80. The van der Waals surface area contributed by atoms with E-state index in [4.69, 9.17) is 0 Å². The van der Waals surface area contributed by atoms with Gasteiger partial charge in [0.1, 0.15) is 0 Å². The molecule has 3 nitrogen and oxygen atoms in total. The van der Waals surface area contributed by atoms with Gasteiger partial charge in [0.05, 0.1) is 7.11 Å². The Morgan fingerprint density at radius 3 is 2.08 bits per heavy atom. The molecule has 0 bridgehead atoms. The SMILES string of the molecule is COC(=O)OCC(F)(F)C(C)(F)F. The average molecular weight is 204 g/mol. The molecule has 0 saturated carbocycles. The second-order valence-electron chi connectivity index (χ2n) is 2.34. The molecule has 7 heteroatoms. The van der Waals surface area contributed by atoms with Gasteiger partial charge in [-0.3, -0.25) is 0 Å². The third-order valence-corrected chi connectivity index (χ3v) is 1.18. The number of alkyl halides is 4. The van der Waals surface area contributed by atoms with Gasteiger partial charge >= 0.3 is 18.0 Å². The van der Waals surface area contributed by atoms with E-state index in [-0.39, 0.29) is 6.92 Å². The van der Waals surface area contributed by atoms with Gasteiger partial charge in [-0.1, -0.05) is 0 Å². The predicted molar refractivity (Wildman–Crippen MR) is 33.9 cm³/mol. The van der Waals surface area contributed by atoms with Crippen molar-refractivity contribution in [3.63, 3.8) is 0 Å². The Bertz CT molecular complexity index is 187. The Hall–Kier alpha value is -1.01. The third kappa shape index (κ3) is 3.47. The number of ether oxygens (including phenoxy) is 2. The van der Waals surface area contributed by atoms with Crippen LogP contribution in [0.15, 0.2) is 0 Å². The van der Waals surface area contributed by atoms with Gasteiger partial charge in [0.2, 0.25) is 0 Å². The minimum atomic E-state index is -4.39. The summed E-state index contributed by atoms with van der Waals surface area (Å²) < 4.78 is 56.3. The van der Waals surface area contributed by atoms with Gasteiger partial charge in [-0.25, -0.2) is 13.6 Å². The maximum atomic E-state index is 12.3. The van der Waals surface area contributed by atoms with Crippen molar-refractivity contribution in [1.82, 2.24) is 0 Å². The van der Waals surface area contributed by atoms with E-state index in [0.29, 0.717) is 0 Å². The highest BCUT2D eigenvalue weighted by molar-refractivity contribution is 5.59. The van der Waals surface area contributed by atoms with Crippen molar-refractivity contribution in [2.45, 2.75) is 18.8 Å². The molecule has 0 radical (unpaired) electrons. The van der Waals surface area contributed by atoms with Gasteiger partial charge in [0, 0.05) is 6.92 Å². The van der Waals surface area contributed by atoms with Gasteiger partial charge in [-0.2, -0.15) is 8.78 Å². The molecule has 0 aromatic heterocycles. The van der Waals surface area contributed by atoms with Gasteiger partial charge in [0.25, 0.3) is 0 Å². The molecule has 0 heterocycles. The van der Waals surface area contributed by atoms with Crippen LogP contribution in [-0.2, 0) is 9.47 Å². The molecule has 0 rings (SSSR count). The highest BCUT2D eigenvalue weighted by Crippen LogP contribution is 2.33. The standard InChI is InChI=1S/C6H8F4O3/c1-5(7,8)6(9,10)3-13-4(11)12-2/h3H2,1-2H3. The maximum Gasteiger partial charge on any atom is 0.508 e. The highest BCUT2D eigenvalue weighted by Gasteiger charge is 2.53. The van der Waals surface area contributed by atoms with E-state index >= 15 is 0 Å². The quantitative estimate of drug-likeness (QED) is 0.521. The minimum Gasteiger partial charge on any atom is -0.438 e. The first-order valence-electron chi connectivity index (χ1n) is 3.17. The molecule has 13 heavy (non-hydrogen) atoms. The Kier molecular flexibility index (Phi) is 3.50. The van der Waals surface area contributed by atoms with E-state index in [0.717, 1.165) is 7.11 Å². The first kappa shape index (κ1) is 12.0. The predicted octanol–water partition coefficient (Wildman–Crippen LogP) is 2.06. The number of hydrogen-bond donors (Lipinski definition) is 0. The number of carbonyl (C=O) groups is 1. The van der Waals surface area contributed by atoms with E-state index in [1.54, 1.807) is 0 Å². The molecule has 0 aliphatic carbocycles. The minimum absolute atomic E-state index is 0.0354. The fourth-order valence-corrected chi connectivity index (χ4v) is 0.335. The Labute approximate surface area is 71.6 Å². The molecule has 0 saturated heterocycles. The van der Waals surface area contributed by atoms with Gasteiger partial charge < -0.3 is 9.47 Å². The van der Waals surface area contributed by atoms with Gasteiger partial charge in [-0.15, -0.1) is 0 Å². The lowest BCUT2D eigenvalue weighted by Crippen LogP contribution is -2.42. The largest absolute Gasteiger partial charge is 0.508 e. The number of hydrogen-bond acceptors (Lipinski definition) is 3. The van der Waals surface area contributed by atoms with Crippen LogP contribution >= 0.6 is 0 Å². The molecule has 78 valence electrons. The van der Waals surface area contributed by atoms with Crippen LogP contribution in [-0.4, -0.2) is 31.7 Å². The summed E-state index contributed by atoms with van der Waals surface area (Å²) >= 11 is 0. The number of halogens is 4. The summed E-state index contributed by atoms with van der Waals surface area (Å²) in [6, 6.07) is 0. The fraction of sp³-hybridized carbons (Fsp3) is 0.833. The summed E-state index contributed by atoms with van der Waals surface area (Å²) in [5.74, 6) is -8.62. The third-order valence-electron chi connectivity index (χ3n) is 1.18. The van der Waals surface area contributed by atoms with Crippen LogP contribution in [0.5, 0.6) is 0 Å². The first-order chi connectivity index (χ1) is 5.70. The van der Waals surface area contributed by atoms with Crippen molar-refractivity contribution < 1.29 is 31.8 Å². The van der Waals surface area contributed by atoms with Gasteiger partial charge in [-0.05, 0) is 0 Å². The average Bonchev–Trinajstić information content (AvgIpc) is 1.98. The molecule has 0 aromatic carbocycles. The second-order valence-corrected chi connectivity index (χ2v) is 2.34. The van der Waals surface area contributed by atoms with Crippen molar-refractivity contribution in [1.29, 1.82) is 0 Å². The smallest absolute Gasteiger partial charge is 0.438 e. The van der Waals surface area contributed by atoms with E-state index < -0.39 is 24.6 Å². The van der Waals surface area contributed by atoms with Crippen LogP contribution in [0, 0.1) is 0 Å². The lowest BCUT2D eigenvalue weighted by molar-refractivity contribution is -0.216. The number of carbonyl (C=O) groups excluding carboxylic acids is 1. The van der Waals surface area contributed by atoms with E-state index in [2.05, 4.69) is 9.47 Å². The fourth-order valence-electron chi connectivity index (χ4n) is 0.335.